The van der Waals surface area contributed by atoms with E-state index in [1.807, 2.05) is 0 Å². The van der Waals surface area contributed by atoms with Crippen LogP contribution in [0.25, 0.3) is 0 Å². The summed E-state index contributed by atoms with van der Waals surface area (Å²) in [5.41, 5.74) is 0. The molecule has 122 valence electrons. The van der Waals surface area contributed by atoms with E-state index in [9.17, 15) is 9.18 Å². The largest absolute Gasteiger partial charge is 0.487 e. The SMILES string of the molecule is CCN(CC)CCNC(=O)N1CC(Oc2ccc(F)cc2)C1. The molecule has 0 atom stereocenters. The van der Waals surface area contributed by atoms with Gasteiger partial charge in [-0.05, 0) is 37.4 Å². The fraction of sp³-hybridized carbons (Fsp3) is 0.562. The molecule has 2 amide bonds. The lowest BCUT2D eigenvalue weighted by Gasteiger charge is -2.38. The molecule has 1 fully saturated rings. The van der Waals surface area contributed by atoms with Crippen LogP contribution in [0.4, 0.5) is 9.18 Å². The van der Waals surface area contributed by atoms with Crippen molar-refractivity contribution in [2.45, 2.75) is 20.0 Å². The smallest absolute Gasteiger partial charge is 0.317 e. The minimum Gasteiger partial charge on any atom is -0.487 e. The van der Waals surface area contributed by atoms with Crippen LogP contribution in [-0.2, 0) is 0 Å². The van der Waals surface area contributed by atoms with E-state index in [1.165, 1.54) is 12.1 Å². The third-order valence-corrected chi connectivity index (χ3v) is 3.85. The van der Waals surface area contributed by atoms with E-state index in [2.05, 4.69) is 24.1 Å². The number of likely N-dealkylation sites (tertiary alicyclic amines) is 1. The van der Waals surface area contributed by atoms with Crippen LogP contribution in [0.5, 0.6) is 5.75 Å². The van der Waals surface area contributed by atoms with Gasteiger partial charge in [-0.3, -0.25) is 0 Å². The molecule has 1 aromatic carbocycles. The highest BCUT2D eigenvalue weighted by atomic mass is 19.1. The van der Waals surface area contributed by atoms with Gasteiger partial charge in [-0.15, -0.1) is 0 Å². The second kappa shape index (κ2) is 7.98. The molecule has 6 heteroatoms. The monoisotopic (exact) mass is 309 g/mol. The summed E-state index contributed by atoms with van der Waals surface area (Å²) in [5.74, 6) is 0.350. The second-order valence-corrected chi connectivity index (χ2v) is 5.36. The molecular formula is C16H24FN3O2. The molecule has 0 aromatic heterocycles. The van der Waals surface area contributed by atoms with Crippen molar-refractivity contribution in [1.82, 2.24) is 15.1 Å². The Labute approximate surface area is 131 Å². The minimum absolute atomic E-state index is 0.0148. The molecule has 1 aromatic rings. The summed E-state index contributed by atoms with van der Waals surface area (Å²) in [5, 5.41) is 2.92. The van der Waals surface area contributed by atoms with Gasteiger partial charge in [-0.1, -0.05) is 13.8 Å². The van der Waals surface area contributed by atoms with Gasteiger partial charge in [-0.25, -0.2) is 9.18 Å². The van der Waals surface area contributed by atoms with E-state index in [1.54, 1.807) is 17.0 Å². The van der Waals surface area contributed by atoms with Crippen molar-refractivity contribution >= 4 is 6.03 Å². The molecule has 0 unspecified atom stereocenters. The summed E-state index contributed by atoms with van der Waals surface area (Å²) < 4.78 is 18.5. The molecule has 0 radical (unpaired) electrons. The molecule has 1 saturated heterocycles. The lowest BCUT2D eigenvalue weighted by molar-refractivity contribution is 0.0442. The average molecular weight is 309 g/mol. The summed E-state index contributed by atoms with van der Waals surface area (Å²) in [6.45, 7) is 8.84. The Bertz CT molecular complexity index is 471. The Morgan fingerprint density at radius 1 is 1.32 bits per heavy atom. The standard InChI is InChI=1S/C16H24FN3O2/c1-3-19(4-2)10-9-18-16(21)20-11-15(12-20)22-14-7-5-13(17)6-8-14/h5-8,15H,3-4,9-12H2,1-2H3,(H,18,21). The Hall–Kier alpha value is -1.82. The van der Waals surface area contributed by atoms with Crippen molar-refractivity contribution in [1.29, 1.82) is 0 Å². The molecule has 0 saturated carbocycles. The first-order valence-corrected chi connectivity index (χ1v) is 7.79. The Balaban J connectivity index is 1.63. The summed E-state index contributed by atoms with van der Waals surface area (Å²) in [6.07, 6.45) is -0.0148. The number of benzene rings is 1. The van der Waals surface area contributed by atoms with Gasteiger partial charge in [-0.2, -0.15) is 0 Å². The van der Waals surface area contributed by atoms with Crippen molar-refractivity contribution in [2.24, 2.45) is 0 Å². The number of rotatable bonds is 7. The lowest BCUT2D eigenvalue weighted by Crippen LogP contribution is -2.59. The number of carbonyl (C=O) groups is 1. The number of halogens is 1. The second-order valence-electron chi connectivity index (χ2n) is 5.36. The molecule has 2 rings (SSSR count). The minimum atomic E-state index is -0.282. The summed E-state index contributed by atoms with van der Waals surface area (Å²) >= 11 is 0. The first kappa shape index (κ1) is 16.5. The number of carbonyl (C=O) groups excluding carboxylic acids is 1. The zero-order valence-corrected chi connectivity index (χ0v) is 13.2. The molecule has 22 heavy (non-hydrogen) atoms. The molecule has 0 spiro atoms. The normalized spacial score (nSPS) is 14.8. The van der Waals surface area contributed by atoms with Gasteiger partial charge in [0.25, 0.3) is 0 Å². The molecule has 0 aliphatic carbocycles. The molecule has 5 nitrogen and oxygen atoms in total. The highest BCUT2D eigenvalue weighted by Crippen LogP contribution is 2.18. The first-order chi connectivity index (χ1) is 10.6. The lowest BCUT2D eigenvalue weighted by atomic mass is 10.2. The quantitative estimate of drug-likeness (QED) is 0.837. The number of nitrogens with zero attached hydrogens (tertiary/aromatic N) is 2. The number of ether oxygens (including phenoxy) is 1. The molecular weight excluding hydrogens is 285 g/mol. The van der Waals surface area contributed by atoms with Gasteiger partial charge < -0.3 is 19.9 Å². The van der Waals surface area contributed by atoms with E-state index in [0.717, 1.165) is 19.6 Å². The number of urea groups is 1. The maximum absolute atomic E-state index is 12.8. The Morgan fingerprint density at radius 3 is 2.55 bits per heavy atom. The van der Waals surface area contributed by atoms with E-state index < -0.39 is 0 Å². The van der Waals surface area contributed by atoms with Crippen molar-refractivity contribution in [2.75, 3.05) is 39.3 Å². The Morgan fingerprint density at radius 2 is 1.95 bits per heavy atom. The van der Waals surface area contributed by atoms with Crippen LogP contribution in [0.15, 0.2) is 24.3 Å². The van der Waals surface area contributed by atoms with Crippen molar-refractivity contribution in [3.8, 4) is 5.75 Å². The van der Waals surface area contributed by atoms with Crippen LogP contribution in [0.1, 0.15) is 13.8 Å². The van der Waals surface area contributed by atoms with Gasteiger partial charge in [0.15, 0.2) is 0 Å². The van der Waals surface area contributed by atoms with Gasteiger partial charge in [0, 0.05) is 13.1 Å². The van der Waals surface area contributed by atoms with Crippen molar-refractivity contribution in [3.05, 3.63) is 30.1 Å². The van der Waals surface area contributed by atoms with E-state index in [4.69, 9.17) is 4.74 Å². The van der Waals surface area contributed by atoms with E-state index in [0.29, 0.717) is 25.4 Å². The maximum atomic E-state index is 12.8. The van der Waals surface area contributed by atoms with Crippen molar-refractivity contribution in [3.63, 3.8) is 0 Å². The number of amides is 2. The molecule has 1 aliphatic rings. The average Bonchev–Trinajstić information content (AvgIpc) is 2.48. The zero-order valence-electron chi connectivity index (χ0n) is 13.2. The van der Waals surface area contributed by atoms with Gasteiger partial charge in [0.05, 0.1) is 13.1 Å². The summed E-state index contributed by atoms with van der Waals surface area (Å²) in [4.78, 5) is 15.9. The number of hydrogen-bond donors (Lipinski definition) is 1. The fourth-order valence-corrected chi connectivity index (χ4v) is 2.36. The Kier molecular flexibility index (Phi) is 6.00. The summed E-state index contributed by atoms with van der Waals surface area (Å²) in [6, 6.07) is 5.88. The van der Waals surface area contributed by atoms with Gasteiger partial charge in [0.1, 0.15) is 17.7 Å². The van der Waals surface area contributed by atoms with Crippen LogP contribution >= 0.6 is 0 Å². The number of nitrogens with one attached hydrogen (secondary N) is 1. The van der Waals surface area contributed by atoms with Crippen LogP contribution in [-0.4, -0.2) is 61.2 Å². The van der Waals surface area contributed by atoms with Crippen LogP contribution in [0.3, 0.4) is 0 Å². The highest BCUT2D eigenvalue weighted by molar-refractivity contribution is 5.75. The summed E-state index contributed by atoms with van der Waals surface area (Å²) in [7, 11) is 0. The highest BCUT2D eigenvalue weighted by Gasteiger charge is 2.32. The fourth-order valence-electron chi connectivity index (χ4n) is 2.36. The topological polar surface area (TPSA) is 44.8 Å². The number of hydrogen-bond acceptors (Lipinski definition) is 3. The third-order valence-electron chi connectivity index (χ3n) is 3.85. The predicted molar refractivity (Wildman–Crippen MR) is 83.6 cm³/mol. The first-order valence-electron chi connectivity index (χ1n) is 7.79. The van der Waals surface area contributed by atoms with Crippen molar-refractivity contribution < 1.29 is 13.9 Å². The van der Waals surface area contributed by atoms with Gasteiger partial charge >= 0.3 is 6.03 Å². The third kappa shape index (κ3) is 4.59. The maximum Gasteiger partial charge on any atom is 0.317 e. The molecule has 0 bridgehead atoms. The number of likely N-dealkylation sites (N-methyl/N-ethyl adjacent to an activating group) is 1. The molecule has 1 heterocycles. The van der Waals surface area contributed by atoms with Crippen LogP contribution in [0.2, 0.25) is 0 Å². The van der Waals surface area contributed by atoms with E-state index in [-0.39, 0.29) is 18.0 Å². The zero-order chi connectivity index (χ0) is 15.9. The van der Waals surface area contributed by atoms with Gasteiger partial charge in [0.2, 0.25) is 0 Å². The van der Waals surface area contributed by atoms with Crippen LogP contribution < -0.4 is 10.1 Å². The molecule has 1 aliphatic heterocycles. The van der Waals surface area contributed by atoms with E-state index >= 15 is 0 Å². The predicted octanol–water partition coefficient (Wildman–Crippen LogP) is 1.94. The molecule has 1 N–H and O–H groups in total. The van der Waals surface area contributed by atoms with Crippen LogP contribution in [0, 0.1) is 5.82 Å².